The van der Waals surface area contributed by atoms with Gasteiger partial charge in [-0.05, 0) is 98.7 Å². The Kier molecular flexibility index (Phi) is 12.1. The van der Waals surface area contributed by atoms with Crippen LogP contribution in [0.4, 0.5) is 5.82 Å². The lowest BCUT2D eigenvalue weighted by Crippen LogP contribution is -2.34. The molecule has 208 valence electrons. The zero-order valence-corrected chi connectivity index (χ0v) is 26.9. The Morgan fingerprint density at radius 3 is 2.55 bits per heavy atom. The molecule has 0 atom stereocenters. The molecule has 3 aromatic rings. The van der Waals surface area contributed by atoms with E-state index < -0.39 is 0 Å². The summed E-state index contributed by atoms with van der Waals surface area (Å²) in [4.78, 5) is 20.0. The van der Waals surface area contributed by atoms with Gasteiger partial charge in [-0.1, -0.05) is 34.5 Å². The number of pyridine rings is 1. The second-order valence-electron chi connectivity index (χ2n) is 9.28. The van der Waals surface area contributed by atoms with Gasteiger partial charge in [0, 0.05) is 31.9 Å². The van der Waals surface area contributed by atoms with Crippen molar-refractivity contribution in [2.75, 3.05) is 24.5 Å². The molecular formula is C28H29Cl2N6S4+. The molecule has 1 aliphatic heterocycles. The van der Waals surface area contributed by atoms with Crippen molar-refractivity contribution >= 4 is 115 Å². The Morgan fingerprint density at radius 1 is 1.05 bits per heavy atom. The molecule has 0 aliphatic carbocycles. The molecule has 0 unspecified atom stereocenters. The number of nitrogens with zero attached hydrogens (tertiary/aromatic N) is 6. The number of halogens is 2. The molecule has 12 heteroatoms. The third-order valence-electron chi connectivity index (χ3n) is 6.11. The molecule has 0 saturated carbocycles. The highest BCUT2D eigenvalue weighted by Gasteiger charge is 2.18. The van der Waals surface area contributed by atoms with Crippen LogP contribution in [0.25, 0.3) is 28.6 Å². The van der Waals surface area contributed by atoms with E-state index in [0.29, 0.717) is 10.1 Å². The van der Waals surface area contributed by atoms with Crippen molar-refractivity contribution in [3.63, 3.8) is 0 Å². The predicted molar refractivity (Wildman–Crippen MR) is 178 cm³/mol. The Hall–Kier alpha value is -2.13. The first-order valence-electron chi connectivity index (χ1n) is 13.1. The molecule has 4 heterocycles. The number of thiocarbonyl (C=S) groups is 2. The van der Waals surface area contributed by atoms with E-state index in [0.717, 1.165) is 101 Å². The fourth-order valence-corrected chi connectivity index (χ4v) is 7.16. The molecule has 0 amide bonds. The highest BCUT2D eigenvalue weighted by Crippen LogP contribution is 2.25. The maximum Gasteiger partial charge on any atom is 0.342 e. The van der Waals surface area contributed by atoms with Crippen molar-refractivity contribution in [2.45, 2.75) is 52.0 Å². The van der Waals surface area contributed by atoms with Crippen LogP contribution in [0, 0.1) is 0 Å². The van der Waals surface area contributed by atoms with Crippen LogP contribution in [-0.2, 0) is 6.54 Å². The van der Waals surface area contributed by atoms with Crippen molar-refractivity contribution in [3.8, 4) is 0 Å². The van der Waals surface area contributed by atoms with Crippen molar-refractivity contribution < 1.29 is 4.57 Å². The fraction of sp³-hybridized carbons (Fsp3) is 0.393. The first-order valence-corrected chi connectivity index (χ1v) is 16.3. The van der Waals surface area contributed by atoms with E-state index in [9.17, 15) is 0 Å². The summed E-state index contributed by atoms with van der Waals surface area (Å²) in [6.07, 6.45) is 16.2. The number of aryl methyl sites for hydroxylation is 1. The third kappa shape index (κ3) is 8.93. The molecule has 3 aromatic heterocycles. The second kappa shape index (κ2) is 15.8. The quantitative estimate of drug-likeness (QED) is 0.0833. The molecule has 0 spiro atoms. The van der Waals surface area contributed by atoms with E-state index in [4.69, 9.17) is 33.2 Å². The van der Waals surface area contributed by atoms with Gasteiger partial charge in [-0.25, -0.2) is 19.5 Å². The zero-order chi connectivity index (χ0) is 28.3. The summed E-state index contributed by atoms with van der Waals surface area (Å²) in [6, 6.07) is 1.98. The van der Waals surface area contributed by atoms with Crippen LogP contribution in [-0.4, -0.2) is 39.9 Å². The van der Waals surface area contributed by atoms with Crippen molar-refractivity contribution in [2.24, 2.45) is 9.98 Å². The highest BCUT2D eigenvalue weighted by atomic mass is 35.5. The highest BCUT2D eigenvalue weighted by molar-refractivity contribution is 7.78. The molecule has 0 fully saturated rings. The zero-order valence-electron chi connectivity index (χ0n) is 22.1. The standard InChI is InChI=1S/C28H29Cl2N6S4/c1-20(12-25-33-27-23(39-25)14-21(29)16-35(27)10-6-2-4-8-31-18-37)13-26-34-28-24(40-26)15-22(30)17-36(28)11-7-3-5-9-32-19-38/h12-17H,2-11H2,1H3/q+1. The maximum absolute atomic E-state index is 6.42. The van der Waals surface area contributed by atoms with E-state index in [1.54, 1.807) is 22.7 Å². The molecule has 6 nitrogen and oxygen atoms in total. The SMILES string of the molecule is CC(=Cc1nc2c(cc(Cl)c[n+]2CCCCCN=C=S)s1)C=c1nc2c(s1)=CC(Cl)=CN2CCCCCN=C=S. The molecule has 0 saturated heterocycles. The number of unbranched alkanes of at least 4 members (excludes halogenated alkanes) is 4. The van der Waals surface area contributed by atoms with E-state index in [1.807, 2.05) is 24.5 Å². The van der Waals surface area contributed by atoms with Gasteiger partial charge in [0.1, 0.15) is 15.6 Å². The Labute approximate surface area is 262 Å². The topological polar surface area (TPSA) is 57.6 Å². The Balaban J connectivity index is 1.48. The number of aliphatic imine (C=N–C) groups is 2. The summed E-state index contributed by atoms with van der Waals surface area (Å²) >= 11 is 25.4. The summed E-state index contributed by atoms with van der Waals surface area (Å²) < 4.78 is 5.23. The molecular weight excluding hydrogens is 620 g/mol. The van der Waals surface area contributed by atoms with Crippen LogP contribution < -0.4 is 18.7 Å². The van der Waals surface area contributed by atoms with E-state index in [1.165, 1.54) is 0 Å². The summed E-state index contributed by atoms with van der Waals surface area (Å²) in [6.45, 7) is 5.24. The van der Waals surface area contributed by atoms with Gasteiger partial charge in [0.25, 0.3) is 0 Å². The van der Waals surface area contributed by atoms with Gasteiger partial charge in [-0.2, -0.15) is 0 Å². The molecule has 0 bridgehead atoms. The van der Waals surface area contributed by atoms with Gasteiger partial charge in [0.15, 0.2) is 5.82 Å². The van der Waals surface area contributed by atoms with Gasteiger partial charge in [0.05, 0.1) is 31.5 Å². The molecule has 4 rings (SSSR count). The molecule has 0 radical (unpaired) electrons. The summed E-state index contributed by atoms with van der Waals surface area (Å²) in [7, 11) is 0. The fourth-order valence-electron chi connectivity index (χ4n) is 4.31. The third-order valence-corrected chi connectivity index (χ3v) is 8.66. The summed E-state index contributed by atoms with van der Waals surface area (Å²) in [5.74, 6) is 0.954. The van der Waals surface area contributed by atoms with Gasteiger partial charge >= 0.3 is 5.65 Å². The molecule has 1 aliphatic rings. The number of thiazole rings is 2. The van der Waals surface area contributed by atoms with Crippen LogP contribution in [0.1, 0.15) is 50.5 Å². The normalized spacial score (nSPS) is 13.5. The number of anilines is 1. The Morgan fingerprint density at radius 2 is 1.80 bits per heavy atom. The van der Waals surface area contributed by atoms with Gasteiger partial charge < -0.3 is 4.90 Å². The summed E-state index contributed by atoms with van der Waals surface area (Å²) in [5.41, 5.74) is 2.03. The van der Waals surface area contributed by atoms with Crippen molar-refractivity contribution in [1.29, 1.82) is 0 Å². The average Bonchev–Trinajstić information content (AvgIpc) is 3.50. The summed E-state index contributed by atoms with van der Waals surface area (Å²) in [5, 5.41) is 7.20. The van der Waals surface area contributed by atoms with Crippen LogP contribution in [0.2, 0.25) is 5.02 Å². The second-order valence-corrected chi connectivity index (χ2v) is 12.6. The van der Waals surface area contributed by atoms with Crippen molar-refractivity contribution in [1.82, 2.24) is 9.97 Å². The number of rotatable bonds is 14. The minimum Gasteiger partial charge on any atom is -0.330 e. The number of isothiocyanates is 2. The van der Waals surface area contributed by atoms with Crippen molar-refractivity contribution in [3.05, 3.63) is 48.3 Å². The number of hydrogen-bond acceptors (Lipinski definition) is 9. The van der Waals surface area contributed by atoms with Gasteiger partial charge in [0.2, 0.25) is 5.01 Å². The minimum atomic E-state index is 0.713. The van der Waals surface area contributed by atoms with Crippen LogP contribution in [0.5, 0.6) is 0 Å². The monoisotopic (exact) mass is 647 g/mol. The predicted octanol–water partition coefficient (Wildman–Crippen LogP) is 6.80. The average molecular weight is 649 g/mol. The minimum absolute atomic E-state index is 0.713. The molecule has 0 aromatic carbocycles. The lowest BCUT2D eigenvalue weighted by atomic mass is 10.2. The van der Waals surface area contributed by atoms with Crippen LogP contribution >= 0.6 is 70.3 Å². The van der Waals surface area contributed by atoms with E-state index >= 15 is 0 Å². The van der Waals surface area contributed by atoms with Gasteiger partial charge in [-0.15, -0.1) is 11.3 Å². The number of allylic oxidation sites excluding steroid dienone is 2. The van der Waals surface area contributed by atoms with Crippen LogP contribution in [0.3, 0.4) is 0 Å². The first-order chi connectivity index (χ1) is 19.5. The van der Waals surface area contributed by atoms with Crippen LogP contribution in [0.15, 0.2) is 39.1 Å². The largest absolute Gasteiger partial charge is 0.342 e. The number of fused-ring (bicyclic) bond motifs is 2. The number of hydrogen-bond donors (Lipinski definition) is 0. The molecule has 40 heavy (non-hydrogen) atoms. The lowest BCUT2D eigenvalue weighted by Gasteiger charge is -2.20. The first kappa shape index (κ1) is 30.8. The van der Waals surface area contributed by atoms with E-state index in [2.05, 4.69) is 73.3 Å². The van der Waals surface area contributed by atoms with Gasteiger partial charge in [-0.3, -0.25) is 0 Å². The smallest absolute Gasteiger partial charge is 0.330 e. The lowest BCUT2D eigenvalue weighted by molar-refractivity contribution is -0.673. The maximum atomic E-state index is 6.42. The molecule has 0 N–H and O–H groups in total. The number of aromatic nitrogens is 3. The van der Waals surface area contributed by atoms with E-state index in [-0.39, 0.29) is 0 Å². The Bertz CT molecular complexity index is 1630.